The fourth-order valence-electron chi connectivity index (χ4n) is 2.65. The van der Waals surface area contributed by atoms with Crippen molar-refractivity contribution in [1.82, 2.24) is 10.2 Å². The van der Waals surface area contributed by atoms with Crippen LogP contribution in [0.5, 0.6) is 0 Å². The van der Waals surface area contributed by atoms with Gasteiger partial charge in [-0.15, -0.1) is 0 Å². The van der Waals surface area contributed by atoms with Gasteiger partial charge in [-0.3, -0.25) is 0 Å². The molecule has 1 atom stereocenters. The Kier molecular flexibility index (Phi) is 5.20. The average molecular weight is 280 g/mol. The number of hydrogen-bond acceptors (Lipinski definition) is 4. The van der Waals surface area contributed by atoms with Crippen molar-refractivity contribution in [1.29, 1.82) is 0 Å². The number of furan rings is 1. The predicted octanol–water partition coefficient (Wildman–Crippen LogP) is 2.36. The summed E-state index contributed by atoms with van der Waals surface area (Å²) in [7, 11) is 0. The minimum atomic E-state index is -1.02. The summed E-state index contributed by atoms with van der Waals surface area (Å²) in [6.45, 7) is 8.67. The molecule has 2 heterocycles. The molecule has 112 valence electrons. The van der Waals surface area contributed by atoms with E-state index in [0.717, 1.165) is 13.1 Å². The number of piperidine rings is 1. The molecule has 0 saturated carbocycles. The molecule has 1 fully saturated rings. The predicted molar refractivity (Wildman–Crippen MR) is 76.9 cm³/mol. The third-order valence-corrected chi connectivity index (χ3v) is 4.13. The lowest BCUT2D eigenvalue weighted by atomic mass is 9.96. The maximum atomic E-state index is 10.8. The van der Waals surface area contributed by atoms with E-state index in [1.165, 1.54) is 32.0 Å². The fraction of sp³-hybridized carbons (Fsp3) is 0.667. The highest BCUT2D eigenvalue weighted by Gasteiger charge is 2.19. The van der Waals surface area contributed by atoms with Crippen LogP contribution in [0.3, 0.4) is 0 Å². The molecule has 0 aromatic carbocycles. The number of aromatic carboxylic acids is 1. The zero-order chi connectivity index (χ0) is 14.5. The number of rotatable bonds is 6. The molecule has 1 aliphatic rings. The van der Waals surface area contributed by atoms with E-state index in [2.05, 4.69) is 17.1 Å². The van der Waals surface area contributed by atoms with E-state index >= 15 is 0 Å². The molecule has 2 rings (SSSR count). The van der Waals surface area contributed by atoms with Crippen LogP contribution in [0.1, 0.15) is 49.0 Å². The highest BCUT2D eigenvalue weighted by Crippen LogP contribution is 2.19. The van der Waals surface area contributed by atoms with Crippen LogP contribution in [0.15, 0.2) is 16.5 Å². The van der Waals surface area contributed by atoms with Gasteiger partial charge in [0.15, 0.2) is 0 Å². The summed E-state index contributed by atoms with van der Waals surface area (Å²) >= 11 is 0. The number of nitrogens with one attached hydrogen (secondary N) is 1. The molecule has 1 saturated heterocycles. The maximum absolute atomic E-state index is 10.8. The van der Waals surface area contributed by atoms with Crippen molar-refractivity contribution < 1.29 is 14.3 Å². The molecule has 20 heavy (non-hydrogen) atoms. The smallest absolute Gasteiger partial charge is 0.371 e. The van der Waals surface area contributed by atoms with Crippen LogP contribution in [0.2, 0.25) is 0 Å². The van der Waals surface area contributed by atoms with Crippen LogP contribution in [-0.2, 0) is 0 Å². The van der Waals surface area contributed by atoms with Gasteiger partial charge in [0.05, 0.1) is 6.04 Å². The molecule has 1 unspecified atom stereocenters. The number of carboxylic acid groups (broad SMARTS) is 1. The zero-order valence-corrected chi connectivity index (χ0v) is 12.3. The quantitative estimate of drug-likeness (QED) is 0.837. The first-order valence-corrected chi connectivity index (χ1v) is 7.39. The SMILES string of the molecule is CCN1CCC(CNC(C)c2ccc(C(=O)O)o2)CC1. The molecule has 1 aliphatic heterocycles. The van der Waals surface area contributed by atoms with Crippen LogP contribution < -0.4 is 5.32 Å². The molecule has 2 N–H and O–H groups in total. The number of carboxylic acids is 1. The Labute approximate surface area is 119 Å². The molecule has 0 amide bonds. The molecular weight excluding hydrogens is 256 g/mol. The Morgan fingerprint density at radius 3 is 2.75 bits per heavy atom. The van der Waals surface area contributed by atoms with Crippen LogP contribution in [0.25, 0.3) is 0 Å². The van der Waals surface area contributed by atoms with Crippen LogP contribution in [0.4, 0.5) is 0 Å². The van der Waals surface area contributed by atoms with E-state index in [1.807, 2.05) is 6.92 Å². The summed E-state index contributed by atoms with van der Waals surface area (Å²) < 4.78 is 5.31. The van der Waals surface area contributed by atoms with Crippen molar-refractivity contribution in [3.8, 4) is 0 Å². The van der Waals surface area contributed by atoms with E-state index in [-0.39, 0.29) is 11.8 Å². The molecule has 5 heteroatoms. The first-order chi connectivity index (χ1) is 9.60. The van der Waals surface area contributed by atoms with Gasteiger partial charge in [0.2, 0.25) is 5.76 Å². The lowest BCUT2D eigenvalue weighted by molar-refractivity contribution is 0.0659. The van der Waals surface area contributed by atoms with Crippen molar-refractivity contribution in [2.45, 2.75) is 32.7 Å². The third kappa shape index (κ3) is 3.84. The highest BCUT2D eigenvalue weighted by atomic mass is 16.4. The number of hydrogen-bond donors (Lipinski definition) is 2. The van der Waals surface area contributed by atoms with E-state index in [4.69, 9.17) is 9.52 Å². The molecular formula is C15H24N2O3. The van der Waals surface area contributed by atoms with Gasteiger partial charge in [0, 0.05) is 0 Å². The van der Waals surface area contributed by atoms with E-state index in [1.54, 1.807) is 6.07 Å². The summed E-state index contributed by atoms with van der Waals surface area (Å²) in [6, 6.07) is 3.29. The first-order valence-electron chi connectivity index (χ1n) is 7.39. The van der Waals surface area contributed by atoms with E-state index in [0.29, 0.717) is 11.7 Å². The minimum absolute atomic E-state index is 0.00454. The number of carbonyl (C=O) groups is 1. The van der Waals surface area contributed by atoms with Gasteiger partial charge in [-0.05, 0) is 64.0 Å². The highest BCUT2D eigenvalue weighted by molar-refractivity contribution is 5.84. The van der Waals surface area contributed by atoms with Crippen molar-refractivity contribution in [2.24, 2.45) is 5.92 Å². The van der Waals surface area contributed by atoms with Crippen molar-refractivity contribution >= 4 is 5.97 Å². The molecule has 0 radical (unpaired) electrons. The lowest BCUT2D eigenvalue weighted by Gasteiger charge is -2.31. The molecule has 0 spiro atoms. The largest absolute Gasteiger partial charge is 0.475 e. The standard InChI is InChI=1S/C15H24N2O3/c1-3-17-8-6-12(7-9-17)10-16-11(2)13-4-5-14(20-13)15(18)19/h4-5,11-12,16H,3,6-10H2,1-2H3,(H,18,19). The normalized spacial score (nSPS) is 19.1. The van der Waals surface area contributed by atoms with Crippen molar-refractivity contribution in [3.05, 3.63) is 23.7 Å². The topological polar surface area (TPSA) is 65.7 Å². The minimum Gasteiger partial charge on any atom is -0.475 e. The third-order valence-electron chi connectivity index (χ3n) is 4.13. The van der Waals surface area contributed by atoms with E-state index in [9.17, 15) is 4.79 Å². The molecule has 0 aliphatic carbocycles. The van der Waals surface area contributed by atoms with Gasteiger partial charge in [0.25, 0.3) is 0 Å². The van der Waals surface area contributed by atoms with Crippen LogP contribution in [-0.4, -0.2) is 42.2 Å². The van der Waals surface area contributed by atoms with Crippen molar-refractivity contribution in [3.63, 3.8) is 0 Å². The second-order valence-electron chi connectivity index (χ2n) is 5.51. The lowest BCUT2D eigenvalue weighted by Crippen LogP contribution is -2.37. The Hall–Kier alpha value is -1.33. The van der Waals surface area contributed by atoms with Gasteiger partial charge in [-0.25, -0.2) is 4.79 Å². The Morgan fingerprint density at radius 2 is 2.20 bits per heavy atom. The van der Waals surface area contributed by atoms with Gasteiger partial charge in [-0.1, -0.05) is 6.92 Å². The van der Waals surface area contributed by atoms with Gasteiger partial charge in [-0.2, -0.15) is 0 Å². The van der Waals surface area contributed by atoms with Crippen molar-refractivity contribution in [2.75, 3.05) is 26.2 Å². The summed E-state index contributed by atoms with van der Waals surface area (Å²) in [5, 5.41) is 12.3. The Bertz CT molecular complexity index is 436. The summed E-state index contributed by atoms with van der Waals surface area (Å²) in [5.74, 6) is 0.378. The van der Waals surface area contributed by atoms with Gasteiger partial charge >= 0.3 is 5.97 Å². The Balaban J connectivity index is 1.77. The Morgan fingerprint density at radius 1 is 1.50 bits per heavy atom. The van der Waals surface area contributed by atoms with Gasteiger partial charge < -0.3 is 19.7 Å². The second-order valence-corrected chi connectivity index (χ2v) is 5.51. The second kappa shape index (κ2) is 6.90. The van der Waals surface area contributed by atoms with E-state index < -0.39 is 5.97 Å². The summed E-state index contributed by atoms with van der Waals surface area (Å²) in [6.07, 6.45) is 2.46. The number of nitrogens with zero attached hydrogens (tertiary/aromatic N) is 1. The first kappa shape index (κ1) is 15.1. The maximum Gasteiger partial charge on any atom is 0.371 e. The summed E-state index contributed by atoms with van der Waals surface area (Å²) in [4.78, 5) is 13.3. The molecule has 0 bridgehead atoms. The fourth-order valence-corrected chi connectivity index (χ4v) is 2.65. The van der Waals surface area contributed by atoms with Crippen LogP contribution >= 0.6 is 0 Å². The summed E-state index contributed by atoms with van der Waals surface area (Å²) in [5.41, 5.74) is 0. The molecule has 1 aromatic heterocycles. The van der Waals surface area contributed by atoms with Crippen LogP contribution in [0, 0.1) is 5.92 Å². The van der Waals surface area contributed by atoms with Gasteiger partial charge in [0.1, 0.15) is 5.76 Å². The molecule has 5 nitrogen and oxygen atoms in total. The zero-order valence-electron chi connectivity index (χ0n) is 12.3. The number of likely N-dealkylation sites (tertiary alicyclic amines) is 1. The molecule has 1 aromatic rings. The average Bonchev–Trinajstić information content (AvgIpc) is 2.95. The monoisotopic (exact) mass is 280 g/mol.